The fourth-order valence-electron chi connectivity index (χ4n) is 3.76. The number of amides is 2. The Kier molecular flexibility index (Phi) is 6.20. The van der Waals surface area contributed by atoms with Crippen molar-refractivity contribution in [1.82, 2.24) is 10.1 Å². The molecule has 0 aliphatic carbocycles. The number of likely N-dealkylation sites (tertiary alicyclic amines) is 1. The van der Waals surface area contributed by atoms with Gasteiger partial charge in [-0.3, -0.25) is 9.59 Å². The normalized spacial score (nSPS) is 15.3. The minimum Gasteiger partial charge on any atom is -0.353 e. The molecule has 1 fully saturated rings. The predicted molar refractivity (Wildman–Crippen MR) is 118 cm³/mol. The van der Waals surface area contributed by atoms with Crippen molar-refractivity contribution in [3.8, 4) is 10.6 Å². The molecule has 0 saturated carbocycles. The summed E-state index contributed by atoms with van der Waals surface area (Å²) in [7, 11) is 0. The Morgan fingerprint density at radius 1 is 1.27 bits per heavy atom. The molecule has 1 atom stereocenters. The van der Waals surface area contributed by atoms with Crippen LogP contribution in [0.15, 0.2) is 47.0 Å². The molecule has 0 bridgehead atoms. The summed E-state index contributed by atoms with van der Waals surface area (Å²) < 4.78 is 6.20. The van der Waals surface area contributed by atoms with Crippen LogP contribution in [0.3, 0.4) is 0 Å². The SMILES string of the molecule is CCc1c(NC(=O)[C@H](c2ccccc2)N2CCCCC2=O)noc1-c1ccc(Cl)s1. The Labute approximate surface area is 183 Å². The van der Waals surface area contributed by atoms with Crippen molar-refractivity contribution in [1.29, 1.82) is 0 Å². The molecule has 8 heteroatoms. The van der Waals surface area contributed by atoms with Gasteiger partial charge in [-0.25, -0.2) is 0 Å². The van der Waals surface area contributed by atoms with Crippen molar-refractivity contribution in [3.05, 3.63) is 57.9 Å². The number of halogens is 1. The van der Waals surface area contributed by atoms with Crippen molar-refractivity contribution in [2.75, 3.05) is 11.9 Å². The number of aromatic nitrogens is 1. The first-order chi connectivity index (χ1) is 14.6. The fraction of sp³-hybridized carbons (Fsp3) is 0.318. The van der Waals surface area contributed by atoms with Gasteiger partial charge in [0.05, 0.1) is 9.21 Å². The zero-order chi connectivity index (χ0) is 21.1. The fourth-order valence-corrected chi connectivity index (χ4v) is 4.81. The van der Waals surface area contributed by atoms with Crippen molar-refractivity contribution >= 4 is 40.6 Å². The van der Waals surface area contributed by atoms with E-state index in [0.29, 0.717) is 35.3 Å². The highest BCUT2D eigenvalue weighted by Crippen LogP contribution is 2.36. The lowest BCUT2D eigenvalue weighted by Gasteiger charge is -2.33. The van der Waals surface area contributed by atoms with Gasteiger partial charge >= 0.3 is 0 Å². The van der Waals surface area contributed by atoms with E-state index in [4.69, 9.17) is 16.1 Å². The molecule has 1 aromatic carbocycles. The maximum Gasteiger partial charge on any atom is 0.253 e. The van der Waals surface area contributed by atoms with Crippen LogP contribution < -0.4 is 5.32 Å². The molecular weight excluding hydrogens is 422 g/mol. The molecule has 4 rings (SSSR count). The number of carbonyl (C=O) groups excluding carboxylic acids is 2. The molecule has 2 amide bonds. The largest absolute Gasteiger partial charge is 0.353 e. The van der Waals surface area contributed by atoms with E-state index in [0.717, 1.165) is 28.8 Å². The van der Waals surface area contributed by atoms with Gasteiger partial charge in [-0.15, -0.1) is 11.3 Å². The number of benzene rings is 1. The van der Waals surface area contributed by atoms with Crippen LogP contribution in [0.4, 0.5) is 5.82 Å². The standard InChI is InChI=1S/C22H22ClN3O3S/c1-2-15-20(16-11-12-17(23)30-16)29-25-21(15)24-22(28)19(14-8-4-3-5-9-14)26-13-7-6-10-18(26)27/h3-5,8-9,11-12,19H,2,6-7,10,13H2,1H3,(H,24,25,28)/t19-/m0/s1. The second kappa shape index (κ2) is 9.02. The van der Waals surface area contributed by atoms with E-state index in [1.165, 1.54) is 11.3 Å². The van der Waals surface area contributed by atoms with Crippen molar-refractivity contribution in [2.45, 2.75) is 38.6 Å². The molecule has 3 heterocycles. The topological polar surface area (TPSA) is 75.4 Å². The summed E-state index contributed by atoms with van der Waals surface area (Å²) in [5.74, 6) is 0.688. The van der Waals surface area contributed by atoms with Crippen LogP contribution in [0.5, 0.6) is 0 Å². The lowest BCUT2D eigenvalue weighted by atomic mass is 10.0. The number of hydrogen-bond acceptors (Lipinski definition) is 5. The molecule has 2 aromatic heterocycles. The Hall–Kier alpha value is -2.64. The highest BCUT2D eigenvalue weighted by atomic mass is 35.5. The van der Waals surface area contributed by atoms with E-state index in [1.54, 1.807) is 11.0 Å². The summed E-state index contributed by atoms with van der Waals surface area (Å²) in [6, 6.07) is 12.3. The Morgan fingerprint density at radius 3 is 2.73 bits per heavy atom. The zero-order valence-electron chi connectivity index (χ0n) is 16.6. The number of nitrogens with one attached hydrogen (secondary N) is 1. The third-order valence-corrected chi connectivity index (χ3v) is 6.45. The highest BCUT2D eigenvalue weighted by molar-refractivity contribution is 7.19. The maximum absolute atomic E-state index is 13.4. The molecule has 1 saturated heterocycles. The number of carbonyl (C=O) groups is 2. The predicted octanol–water partition coefficient (Wildman–Crippen LogP) is 5.31. The van der Waals surface area contributed by atoms with Crippen LogP contribution in [-0.2, 0) is 16.0 Å². The van der Waals surface area contributed by atoms with Gasteiger partial charge in [0.25, 0.3) is 5.91 Å². The molecule has 1 aliphatic rings. The summed E-state index contributed by atoms with van der Waals surface area (Å²) in [4.78, 5) is 28.5. The Morgan fingerprint density at radius 2 is 2.07 bits per heavy atom. The van der Waals surface area contributed by atoms with Crippen LogP contribution in [0.25, 0.3) is 10.6 Å². The van der Waals surface area contributed by atoms with Gasteiger partial charge in [0.2, 0.25) is 5.91 Å². The molecular formula is C22H22ClN3O3S. The van der Waals surface area contributed by atoms with Crippen molar-refractivity contribution < 1.29 is 14.1 Å². The Balaban J connectivity index is 1.64. The van der Waals surface area contributed by atoms with Crippen LogP contribution in [0.1, 0.15) is 43.4 Å². The number of nitrogens with zero attached hydrogens (tertiary/aromatic N) is 2. The second-order valence-corrected chi connectivity index (χ2v) is 8.86. The number of hydrogen-bond donors (Lipinski definition) is 1. The molecule has 1 aliphatic heterocycles. The molecule has 0 radical (unpaired) electrons. The van der Waals surface area contributed by atoms with Crippen LogP contribution in [-0.4, -0.2) is 28.4 Å². The molecule has 3 aromatic rings. The van der Waals surface area contributed by atoms with E-state index in [1.807, 2.05) is 43.3 Å². The van der Waals surface area contributed by atoms with Crippen molar-refractivity contribution in [3.63, 3.8) is 0 Å². The third kappa shape index (κ3) is 4.13. The maximum atomic E-state index is 13.4. The van der Waals surface area contributed by atoms with Gasteiger partial charge in [0.15, 0.2) is 11.6 Å². The smallest absolute Gasteiger partial charge is 0.253 e. The summed E-state index contributed by atoms with van der Waals surface area (Å²) >= 11 is 7.45. The average Bonchev–Trinajstić information content (AvgIpc) is 3.36. The second-order valence-electron chi connectivity index (χ2n) is 7.14. The van der Waals surface area contributed by atoms with Crippen molar-refractivity contribution in [2.24, 2.45) is 0 Å². The van der Waals surface area contributed by atoms with Gasteiger partial charge < -0.3 is 14.7 Å². The summed E-state index contributed by atoms with van der Waals surface area (Å²) in [5.41, 5.74) is 1.58. The highest BCUT2D eigenvalue weighted by Gasteiger charge is 2.33. The molecule has 0 unspecified atom stereocenters. The number of rotatable bonds is 6. The average molecular weight is 444 g/mol. The monoisotopic (exact) mass is 443 g/mol. The molecule has 0 spiro atoms. The lowest BCUT2D eigenvalue weighted by Crippen LogP contribution is -2.43. The van der Waals surface area contributed by atoms with E-state index < -0.39 is 6.04 Å². The van der Waals surface area contributed by atoms with E-state index in [-0.39, 0.29) is 11.8 Å². The first-order valence-electron chi connectivity index (χ1n) is 9.98. The van der Waals surface area contributed by atoms with Gasteiger partial charge in [-0.1, -0.05) is 54.0 Å². The number of piperidine rings is 1. The summed E-state index contributed by atoms with van der Waals surface area (Å²) in [5, 5.41) is 7.01. The lowest BCUT2D eigenvalue weighted by molar-refractivity contribution is -0.141. The van der Waals surface area contributed by atoms with Gasteiger partial charge in [-0.05, 0) is 37.0 Å². The number of thiophene rings is 1. The van der Waals surface area contributed by atoms with Crippen LogP contribution in [0.2, 0.25) is 4.34 Å². The minimum atomic E-state index is -0.708. The third-order valence-electron chi connectivity index (χ3n) is 5.22. The van der Waals surface area contributed by atoms with Crippen LogP contribution >= 0.6 is 22.9 Å². The first-order valence-corrected chi connectivity index (χ1v) is 11.2. The first kappa shape index (κ1) is 20.6. The minimum absolute atomic E-state index is 0.00460. The Bertz CT molecular complexity index is 1050. The quantitative estimate of drug-likeness (QED) is 0.560. The molecule has 30 heavy (non-hydrogen) atoms. The van der Waals surface area contributed by atoms with E-state index >= 15 is 0 Å². The molecule has 6 nitrogen and oxygen atoms in total. The van der Waals surface area contributed by atoms with Gasteiger partial charge in [-0.2, -0.15) is 0 Å². The molecule has 1 N–H and O–H groups in total. The van der Waals surface area contributed by atoms with Crippen LogP contribution in [0, 0.1) is 0 Å². The summed E-state index contributed by atoms with van der Waals surface area (Å²) in [6.07, 6.45) is 2.83. The summed E-state index contributed by atoms with van der Waals surface area (Å²) in [6.45, 7) is 2.54. The van der Waals surface area contributed by atoms with Gasteiger partial charge in [0, 0.05) is 18.5 Å². The van der Waals surface area contributed by atoms with E-state index in [9.17, 15) is 9.59 Å². The molecule has 156 valence electrons. The van der Waals surface area contributed by atoms with E-state index in [2.05, 4.69) is 10.5 Å². The van der Waals surface area contributed by atoms with Gasteiger partial charge in [0.1, 0.15) is 6.04 Å². The number of anilines is 1. The zero-order valence-corrected chi connectivity index (χ0v) is 18.1.